The summed E-state index contributed by atoms with van der Waals surface area (Å²) >= 11 is 0. The monoisotopic (exact) mass is 314 g/mol. The van der Waals surface area contributed by atoms with Crippen molar-refractivity contribution in [3.63, 3.8) is 0 Å². The molecule has 2 rings (SSSR count). The van der Waals surface area contributed by atoms with Gasteiger partial charge in [0.1, 0.15) is 0 Å². The molecule has 3 nitrogen and oxygen atoms in total. The summed E-state index contributed by atoms with van der Waals surface area (Å²) in [5.41, 5.74) is 5.29. The van der Waals surface area contributed by atoms with Crippen LogP contribution in [-0.4, -0.2) is 29.9 Å². The molecule has 0 radical (unpaired) electrons. The Kier molecular flexibility index (Phi) is 5.11. The Balaban J connectivity index is 2.08. The molecule has 2 atom stereocenters. The number of amides is 1. The van der Waals surface area contributed by atoms with Crippen LogP contribution in [0.1, 0.15) is 30.9 Å². The largest absolute Gasteiger partial charge is 0.416 e. The Morgan fingerprint density at radius 2 is 2.00 bits per heavy atom. The lowest BCUT2D eigenvalue weighted by Crippen LogP contribution is -2.33. The smallest absolute Gasteiger partial charge is 0.341 e. The van der Waals surface area contributed by atoms with Crippen LogP contribution >= 0.6 is 0 Å². The van der Waals surface area contributed by atoms with E-state index in [1.54, 1.807) is 4.90 Å². The molecule has 6 heteroatoms. The van der Waals surface area contributed by atoms with E-state index in [1.165, 1.54) is 18.2 Å². The van der Waals surface area contributed by atoms with Crippen molar-refractivity contribution in [1.29, 1.82) is 0 Å². The number of alkyl halides is 3. The van der Waals surface area contributed by atoms with Crippen LogP contribution in [0.15, 0.2) is 24.3 Å². The number of nitrogens with zero attached hydrogens (tertiary/aromatic N) is 1. The van der Waals surface area contributed by atoms with Crippen LogP contribution in [0.5, 0.6) is 0 Å². The van der Waals surface area contributed by atoms with E-state index in [0.29, 0.717) is 13.1 Å². The van der Waals surface area contributed by atoms with E-state index >= 15 is 0 Å². The van der Waals surface area contributed by atoms with E-state index in [1.807, 2.05) is 0 Å². The van der Waals surface area contributed by atoms with Crippen molar-refractivity contribution in [2.24, 2.45) is 11.7 Å². The van der Waals surface area contributed by atoms with Crippen LogP contribution in [0.3, 0.4) is 0 Å². The van der Waals surface area contributed by atoms with Gasteiger partial charge in [-0.25, -0.2) is 0 Å². The standard InChI is InChI=1S/C16H21F3N2O/c1-2-5-12-9-21(10-14(12)20)15(22)8-11-6-3-4-7-13(11)16(17,18)19/h3-4,6-7,12,14H,2,5,8-10,20H2,1H3/t12-,14-/m0/s1. The molecule has 1 aromatic rings. The van der Waals surface area contributed by atoms with Crippen molar-refractivity contribution in [3.05, 3.63) is 35.4 Å². The third kappa shape index (κ3) is 3.80. The number of benzene rings is 1. The van der Waals surface area contributed by atoms with Crippen molar-refractivity contribution < 1.29 is 18.0 Å². The topological polar surface area (TPSA) is 46.3 Å². The molecular formula is C16H21F3N2O. The fraction of sp³-hybridized carbons (Fsp3) is 0.562. The predicted molar refractivity (Wildman–Crippen MR) is 78.1 cm³/mol. The summed E-state index contributed by atoms with van der Waals surface area (Å²) in [5.74, 6) is -0.0439. The van der Waals surface area contributed by atoms with Crippen LogP contribution in [-0.2, 0) is 17.4 Å². The predicted octanol–water partition coefficient (Wildman–Crippen LogP) is 2.83. The molecule has 0 aromatic heterocycles. The number of hydrogen-bond acceptors (Lipinski definition) is 2. The maximum atomic E-state index is 13.0. The summed E-state index contributed by atoms with van der Waals surface area (Å²) in [6.07, 6.45) is -2.76. The van der Waals surface area contributed by atoms with Gasteiger partial charge in [-0.2, -0.15) is 13.2 Å². The lowest BCUT2D eigenvalue weighted by Gasteiger charge is -2.18. The molecule has 0 spiro atoms. The zero-order valence-corrected chi connectivity index (χ0v) is 12.6. The number of carbonyl (C=O) groups is 1. The first-order valence-corrected chi connectivity index (χ1v) is 7.51. The van der Waals surface area contributed by atoms with Gasteiger partial charge in [0.25, 0.3) is 0 Å². The summed E-state index contributed by atoms with van der Waals surface area (Å²) in [6.45, 7) is 3.02. The molecule has 22 heavy (non-hydrogen) atoms. The fourth-order valence-electron chi connectivity index (χ4n) is 3.00. The molecule has 1 aromatic carbocycles. The molecule has 0 bridgehead atoms. The third-order valence-electron chi connectivity index (χ3n) is 4.17. The Bertz CT molecular complexity index is 530. The van der Waals surface area contributed by atoms with Crippen molar-refractivity contribution in [2.45, 2.75) is 38.4 Å². The maximum absolute atomic E-state index is 13.0. The molecular weight excluding hydrogens is 293 g/mol. The Morgan fingerprint density at radius 1 is 1.32 bits per heavy atom. The Labute approximate surface area is 128 Å². The highest BCUT2D eigenvalue weighted by atomic mass is 19.4. The van der Waals surface area contributed by atoms with Crippen molar-refractivity contribution >= 4 is 5.91 Å². The Morgan fingerprint density at radius 3 is 2.64 bits per heavy atom. The zero-order chi connectivity index (χ0) is 16.3. The van der Waals surface area contributed by atoms with Crippen molar-refractivity contribution in [3.8, 4) is 0 Å². The molecule has 1 aliphatic rings. The molecule has 1 amide bonds. The summed E-state index contributed by atoms with van der Waals surface area (Å²) in [5, 5.41) is 0. The van der Waals surface area contributed by atoms with Crippen LogP contribution in [0.4, 0.5) is 13.2 Å². The maximum Gasteiger partial charge on any atom is 0.416 e. The van der Waals surface area contributed by atoms with E-state index in [2.05, 4.69) is 6.92 Å². The van der Waals surface area contributed by atoms with Gasteiger partial charge >= 0.3 is 6.18 Å². The molecule has 0 saturated carbocycles. The molecule has 122 valence electrons. The van der Waals surface area contributed by atoms with E-state index in [0.717, 1.165) is 18.9 Å². The first kappa shape index (κ1) is 16.8. The second-order valence-corrected chi connectivity index (χ2v) is 5.84. The van der Waals surface area contributed by atoms with Crippen molar-refractivity contribution in [1.82, 2.24) is 4.90 Å². The summed E-state index contributed by atoms with van der Waals surface area (Å²) in [6, 6.07) is 5.15. The van der Waals surface area contributed by atoms with Gasteiger partial charge in [-0.15, -0.1) is 0 Å². The number of rotatable bonds is 4. The van der Waals surface area contributed by atoms with Crippen LogP contribution in [0.25, 0.3) is 0 Å². The average molecular weight is 314 g/mol. The third-order valence-corrected chi connectivity index (χ3v) is 4.17. The normalized spacial score (nSPS) is 22.1. The van der Waals surface area contributed by atoms with Gasteiger partial charge in [0.2, 0.25) is 5.91 Å². The highest BCUT2D eigenvalue weighted by molar-refractivity contribution is 5.79. The zero-order valence-electron chi connectivity index (χ0n) is 12.6. The van der Waals surface area contributed by atoms with Gasteiger partial charge < -0.3 is 10.6 Å². The number of likely N-dealkylation sites (tertiary alicyclic amines) is 1. The minimum atomic E-state index is -4.44. The van der Waals surface area contributed by atoms with Gasteiger partial charge in [-0.05, 0) is 24.0 Å². The number of hydrogen-bond donors (Lipinski definition) is 1. The van der Waals surface area contributed by atoms with Gasteiger partial charge in [-0.3, -0.25) is 4.79 Å². The first-order valence-electron chi connectivity index (χ1n) is 7.51. The molecule has 1 heterocycles. The van der Waals surface area contributed by atoms with Gasteiger partial charge in [0.15, 0.2) is 0 Å². The quantitative estimate of drug-likeness (QED) is 0.929. The number of nitrogens with two attached hydrogens (primary N) is 1. The molecule has 1 aliphatic heterocycles. The van der Waals surface area contributed by atoms with Gasteiger partial charge in [0, 0.05) is 19.1 Å². The van der Waals surface area contributed by atoms with Crippen LogP contribution < -0.4 is 5.73 Å². The van der Waals surface area contributed by atoms with Gasteiger partial charge in [0.05, 0.1) is 12.0 Å². The van der Waals surface area contributed by atoms with E-state index in [-0.39, 0.29) is 29.9 Å². The SMILES string of the molecule is CCC[C@H]1CN(C(=O)Cc2ccccc2C(F)(F)F)C[C@@H]1N. The lowest BCUT2D eigenvalue weighted by atomic mass is 9.99. The molecule has 0 unspecified atom stereocenters. The number of carbonyl (C=O) groups excluding carboxylic acids is 1. The number of halogens is 3. The highest BCUT2D eigenvalue weighted by Crippen LogP contribution is 2.32. The van der Waals surface area contributed by atoms with E-state index in [9.17, 15) is 18.0 Å². The average Bonchev–Trinajstić information content (AvgIpc) is 2.80. The Hall–Kier alpha value is -1.56. The summed E-state index contributed by atoms with van der Waals surface area (Å²) in [7, 11) is 0. The van der Waals surface area contributed by atoms with E-state index in [4.69, 9.17) is 5.73 Å². The summed E-state index contributed by atoms with van der Waals surface area (Å²) < 4.78 is 38.9. The summed E-state index contributed by atoms with van der Waals surface area (Å²) in [4.78, 5) is 13.9. The molecule has 1 fully saturated rings. The minimum absolute atomic E-state index is 0.0208. The minimum Gasteiger partial charge on any atom is -0.341 e. The first-order chi connectivity index (χ1) is 10.3. The second kappa shape index (κ2) is 6.69. The molecule has 1 saturated heterocycles. The van der Waals surface area contributed by atoms with Crippen LogP contribution in [0.2, 0.25) is 0 Å². The van der Waals surface area contributed by atoms with E-state index < -0.39 is 11.7 Å². The van der Waals surface area contributed by atoms with Crippen LogP contribution in [0, 0.1) is 5.92 Å². The molecule has 0 aliphatic carbocycles. The molecule has 2 N–H and O–H groups in total. The fourth-order valence-corrected chi connectivity index (χ4v) is 3.00. The second-order valence-electron chi connectivity index (χ2n) is 5.84. The lowest BCUT2D eigenvalue weighted by molar-refractivity contribution is -0.138. The van der Waals surface area contributed by atoms with Crippen molar-refractivity contribution in [2.75, 3.05) is 13.1 Å². The highest BCUT2D eigenvalue weighted by Gasteiger charge is 2.35. The van der Waals surface area contributed by atoms with Gasteiger partial charge in [-0.1, -0.05) is 31.5 Å².